The van der Waals surface area contributed by atoms with Gasteiger partial charge in [0.2, 0.25) is 0 Å². The molecule has 5 nitrogen and oxygen atoms in total. The fraction of sp³-hybridized carbons (Fsp3) is 0.222. The Morgan fingerprint density at radius 2 is 2.12 bits per heavy atom. The molecule has 0 aliphatic heterocycles. The van der Waals surface area contributed by atoms with Gasteiger partial charge in [0.25, 0.3) is 0 Å². The van der Waals surface area contributed by atoms with Crippen molar-refractivity contribution >= 4 is 29.5 Å². The van der Waals surface area contributed by atoms with Gasteiger partial charge in [-0.05, 0) is 38.0 Å². The first kappa shape index (κ1) is 17.7. The van der Waals surface area contributed by atoms with Gasteiger partial charge in [-0.1, -0.05) is 17.7 Å². The van der Waals surface area contributed by atoms with Crippen LogP contribution in [-0.2, 0) is 6.42 Å². The highest BCUT2D eigenvalue weighted by Gasteiger charge is 2.21. The lowest BCUT2D eigenvalue weighted by Gasteiger charge is -2.14. The Morgan fingerprint density at radius 3 is 2.67 bits per heavy atom. The lowest BCUT2D eigenvalue weighted by Crippen LogP contribution is -2.04. The van der Waals surface area contributed by atoms with E-state index >= 15 is 0 Å². The number of carboxylic acid groups (broad SMARTS) is 1. The van der Waals surface area contributed by atoms with Gasteiger partial charge < -0.3 is 14.9 Å². The number of thiazole rings is 1. The second-order valence-corrected chi connectivity index (χ2v) is 6.32. The molecular formula is C18H19NO4S. The molecule has 0 saturated carbocycles. The largest absolute Gasteiger partial charge is 0.507 e. The minimum Gasteiger partial charge on any atom is -0.507 e. The van der Waals surface area contributed by atoms with Gasteiger partial charge in [-0.25, -0.2) is 4.79 Å². The van der Waals surface area contributed by atoms with Gasteiger partial charge in [-0.15, -0.1) is 11.3 Å². The van der Waals surface area contributed by atoms with Gasteiger partial charge in [0, 0.05) is 16.6 Å². The summed E-state index contributed by atoms with van der Waals surface area (Å²) in [7, 11) is 1.50. The van der Waals surface area contributed by atoms with Crippen molar-refractivity contribution in [1.29, 1.82) is 0 Å². The van der Waals surface area contributed by atoms with Crippen molar-refractivity contribution in [3.63, 3.8) is 0 Å². The molecule has 0 bridgehead atoms. The molecule has 0 aliphatic carbocycles. The van der Waals surface area contributed by atoms with Crippen LogP contribution in [0.25, 0.3) is 12.2 Å². The van der Waals surface area contributed by atoms with E-state index in [0.29, 0.717) is 23.3 Å². The molecule has 1 aromatic heterocycles. The van der Waals surface area contributed by atoms with Crippen molar-refractivity contribution in [2.45, 2.75) is 20.3 Å². The zero-order valence-electron chi connectivity index (χ0n) is 13.7. The summed E-state index contributed by atoms with van der Waals surface area (Å²) in [6.45, 7) is 3.88. The monoisotopic (exact) mass is 345 g/mol. The van der Waals surface area contributed by atoms with E-state index in [1.165, 1.54) is 18.4 Å². The quantitative estimate of drug-likeness (QED) is 0.766. The fourth-order valence-electron chi connectivity index (χ4n) is 2.23. The molecule has 2 rings (SSSR count). The molecule has 0 aliphatic rings. The first-order valence-corrected chi connectivity index (χ1v) is 8.18. The molecule has 2 aromatic rings. The molecule has 1 heterocycles. The number of aromatic carboxylic acids is 1. The maximum Gasteiger partial charge on any atom is 0.340 e. The molecule has 0 amide bonds. The van der Waals surface area contributed by atoms with Crippen LogP contribution in [0.15, 0.2) is 29.4 Å². The first-order valence-electron chi connectivity index (χ1n) is 7.30. The molecule has 0 fully saturated rings. The third-order valence-electron chi connectivity index (χ3n) is 3.42. The summed E-state index contributed by atoms with van der Waals surface area (Å²) < 4.78 is 5.35. The van der Waals surface area contributed by atoms with Crippen LogP contribution in [-0.4, -0.2) is 28.3 Å². The Morgan fingerprint density at radius 1 is 1.38 bits per heavy atom. The van der Waals surface area contributed by atoms with Crippen molar-refractivity contribution in [3.05, 3.63) is 51.0 Å². The molecule has 0 saturated heterocycles. The lowest BCUT2D eigenvalue weighted by molar-refractivity contribution is 0.0693. The van der Waals surface area contributed by atoms with Gasteiger partial charge in [-0.2, -0.15) is 0 Å². The number of aromatic nitrogens is 1. The van der Waals surface area contributed by atoms with Crippen LogP contribution < -0.4 is 4.74 Å². The molecule has 1 aromatic carbocycles. The van der Waals surface area contributed by atoms with Crippen LogP contribution in [0.5, 0.6) is 11.5 Å². The number of allylic oxidation sites excluding steroid dienone is 2. The number of rotatable bonds is 6. The highest BCUT2D eigenvalue weighted by atomic mass is 32.1. The van der Waals surface area contributed by atoms with E-state index in [1.54, 1.807) is 29.9 Å². The number of phenols is 1. The molecule has 126 valence electrons. The summed E-state index contributed by atoms with van der Waals surface area (Å²) in [6.07, 6.45) is 7.40. The topological polar surface area (TPSA) is 79.7 Å². The van der Waals surface area contributed by atoms with Crippen molar-refractivity contribution in [2.24, 2.45) is 0 Å². The lowest BCUT2D eigenvalue weighted by atomic mass is 9.98. The summed E-state index contributed by atoms with van der Waals surface area (Å²) in [5.41, 5.74) is 3.48. The molecule has 0 radical (unpaired) electrons. The van der Waals surface area contributed by atoms with Crippen LogP contribution in [0.1, 0.15) is 40.2 Å². The average molecular weight is 345 g/mol. The Balaban J connectivity index is 2.56. The third kappa shape index (κ3) is 4.02. The molecule has 6 heteroatoms. The number of methoxy groups -OCH3 is 1. The van der Waals surface area contributed by atoms with Crippen LogP contribution in [0, 0.1) is 0 Å². The second-order valence-electron chi connectivity index (χ2n) is 5.40. The van der Waals surface area contributed by atoms with Crippen LogP contribution in [0.4, 0.5) is 0 Å². The Bertz CT molecular complexity index is 788. The second kappa shape index (κ2) is 7.79. The predicted molar refractivity (Wildman–Crippen MR) is 95.8 cm³/mol. The standard InChI is InChI=1S/C18H19NO4S/c1-11(2)4-7-14-15(23-3)8-12(16(17(14)20)18(21)22)5-6-13-9-19-10-24-13/h4-6,8-10,20H,7H2,1-3H3,(H,21,22)/b6-5+. The third-order valence-corrected chi connectivity index (χ3v) is 4.16. The molecular weight excluding hydrogens is 326 g/mol. The van der Waals surface area contributed by atoms with Gasteiger partial charge >= 0.3 is 5.97 Å². The Labute approximate surface area is 144 Å². The Hall–Kier alpha value is -2.60. The maximum atomic E-state index is 11.6. The molecule has 0 spiro atoms. The maximum absolute atomic E-state index is 11.6. The SMILES string of the molecule is COc1cc(/C=C/c2cncs2)c(C(=O)O)c(O)c1CC=C(C)C. The number of benzene rings is 1. The number of ether oxygens (including phenoxy) is 1. The first-order chi connectivity index (χ1) is 11.4. The zero-order chi connectivity index (χ0) is 17.7. The summed E-state index contributed by atoms with van der Waals surface area (Å²) in [5, 5.41) is 20.0. The van der Waals surface area contributed by atoms with Crippen LogP contribution in [0.2, 0.25) is 0 Å². The van der Waals surface area contributed by atoms with E-state index in [1.807, 2.05) is 19.9 Å². The number of carbonyl (C=O) groups is 1. The normalized spacial score (nSPS) is 10.8. The van der Waals surface area contributed by atoms with Crippen LogP contribution in [0.3, 0.4) is 0 Å². The van der Waals surface area contributed by atoms with Crippen molar-refractivity contribution in [1.82, 2.24) is 4.98 Å². The van der Waals surface area contributed by atoms with Gasteiger partial charge in [0.15, 0.2) is 0 Å². The summed E-state index contributed by atoms with van der Waals surface area (Å²) >= 11 is 1.44. The highest BCUT2D eigenvalue weighted by molar-refractivity contribution is 7.10. The number of carboxylic acids is 1. The van der Waals surface area contributed by atoms with Crippen molar-refractivity contribution in [2.75, 3.05) is 7.11 Å². The summed E-state index contributed by atoms with van der Waals surface area (Å²) in [4.78, 5) is 16.5. The van der Waals surface area contributed by atoms with Gasteiger partial charge in [-0.3, -0.25) is 4.98 Å². The number of nitrogens with zero attached hydrogens (tertiary/aromatic N) is 1. The molecule has 2 N–H and O–H groups in total. The van der Waals surface area contributed by atoms with E-state index in [4.69, 9.17) is 4.74 Å². The van der Waals surface area contributed by atoms with E-state index in [0.717, 1.165) is 10.5 Å². The van der Waals surface area contributed by atoms with E-state index < -0.39 is 5.97 Å². The average Bonchev–Trinajstić information content (AvgIpc) is 3.03. The fourth-order valence-corrected chi connectivity index (χ4v) is 2.74. The van der Waals surface area contributed by atoms with Gasteiger partial charge in [0.1, 0.15) is 17.1 Å². The number of hydrogen-bond acceptors (Lipinski definition) is 5. The summed E-state index contributed by atoms with van der Waals surface area (Å²) in [6, 6.07) is 1.63. The zero-order valence-corrected chi connectivity index (χ0v) is 14.6. The Kier molecular flexibility index (Phi) is 5.76. The van der Waals surface area contributed by atoms with E-state index in [2.05, 4.69) is 4.98 Å². The van der Waals surface area contributed by atoms with E-state index in [-0.39, 0.29) is 11.3 Å². The van der Waals surface area contributed by atoms with Crippen molar-refractivity contribution < 1.29 is 19.7 Å². The molecule has 0 unspecified atom stereocenters. The smallest absolute Gasteiger partial charge is 0.340 e. The van der Waals surface area contributed by atoms with Crippen molar-refractivity contribution in [3.8, 4) is 11.5 Å². The van der Waals surface area contributed by atoms with E-state index in [9.17, 15) is 15.0 Å². The number of hydrogen-bond donors (Lipinski definition) is 2. The number of aromatic hydroxyl groups is 1. The minimum absolute atomic E-state index is 0.131. The highest BCUT2D eigenvalue weighted by Crippen LogP contribution is 2.36. The van der Waals surface area contributed by atoms with Crippen LogP contribution >= 0.6 is 11.3 Å². The molecule has 0 atom stereocenters. The van der Waals surface area contributed by atoms with Gasteiger partial charge in [0.05, 0.1) is 12.6 Å². The predicted octanol–water partition coefficient (Wildman–Crippen LogP) is 4.23. The minimum atomic E-state index is -1.18. The summed E-state index contributed by atoms with van der Waals surface area (Å²) in [5.74, 6) is -0.986. The molecule has 24 heavy (non-hydrogen) atoms.